The third-order valence-electron chi connectivity index (χ3n) is 3.58. The van der Waals surface area contributed by atoms with Gasteiger partial charge in [0.2, 0.25) is 5.91 Å². The second-order valence-corrected chi connectivity index (χ2v) is 5.81. The molecule has 0 saturated carbocycles. The summed E-state index contributed by atoms with van der Waals surface area (Å²) in [6.45, 7) is 4.18. The van der Waals surface area contributed by atoms with Gasteiger partial charge in [0.05, 0.1) is 0 Å². The molecule has 0 N–H and O–H groups in total. The summed E-state index contributed by atoms with van der Waals surface area (Å²) in [7, 11) is 0. The topological polar surface area (TPSA) is 20.3 Å². The Kier molecular flexibility index (Phi) is 7.91. The van der Waals surface area contributed by atoms with Crippen molar-refractivity contribution in [1.82, 2.24) is 4.90 Å². The molecule has 1 aliphatic rings. The zero-order valence-electron chi connectivity index (χ0n) is 11.1. The number of likely N-dealkylation sites (tertiary alicyclic amines) is 1. The lowest BCUT2D eigenvalue weighted by molar-refractivity contribution is -0.132. The quantitative estimate of drug-likeness (QED) is 0.514. The van der Waals surface area contributed by atoms with E-state index in [9.17, 15) is 4.79 Å². The van der Waals surface area contributed by atoms with E-state index < -0.39 is 0 Å². The Balaban J connectivity index is 2.14. The van der Waals surface area contributed by atoms with Crippen LogP contribution in [-0.4, -0.2) is 29.2 Å². The van der Waals surface area contributed by atoms with Crippen molar-refractivity contribution in [3.8, 4) is 0 Å². The number of rotatable bonds is 7. The monoisotopic (exact) mass is 303 g/mol. The number of piperidine rings is 1. The SMILES string of the molecule is CCCCCCCC(=O)N1CCCC(CBr)C1. The van der Waals surface area contributed by atoms with E-state index in [0.29, 0.717) is 11.8 Å². The van der Waals surface area contributed by atoms with Gasteiger partial charge >= 0.3 is 0 Å². The Morgan fingerprint density at radius 1 is 1.29 bits per heavy atom. The molecule has 1 atom stereocenters. The highest BCUT2D eigenvalue weighted by atomic mass is 79.9. The number of amides is 1. The van der Waals surface area contributed by atoms with E-state index in [2.05, 4.69) is 27.8 Å². The molecule has 1 heterocycles. The van der Waals surface area contributed by atoms with E-state index in [1.807, 2.05) is 0 Å². The first-order valence-electron chi connectivity index (χ1n) is 7.11. The lowest BCUT2D eigenvalue weighted by Gasteiger charge is -2.32. The first-order valence-corrected chi connectivity index (χ1v) is 8.23. The van der Waals surface area contributed by atoms with Crippen LogP contribution >= 0.6 is 15.9 Å². The third-order valence-corrected chi connectivity index (χ3v) is 4.50. The fraction of sp³-hybridized carbons (Fsp3) is 0.929. The lowest BCUT2D eigenvalue weighted by Crippen LogP contribution is -2.40. The third kappa shape index (κ3) is 5.89. The molecule has 1 fully saturated rings. The maximum absolute atomic E-state index is 12.0. The van der Waals surface area contributed by atoms with Crippen LogP contribution in [0.4, 0.5) is 0 Å². The molecule has 1 unspecified atom stereocenters. The minimum Gasteiger partial charge on any atom is -0.342 e. The highest BCUT2D eigenvalue weighted by Crippen LogP contribution is 2.19. The van der Waals surface area contributed by atoms with Crippen LogP contribution in [0.1, 0.15) is 58.3 Å². The molecule has 0 aromatic rings. The number of unbranched alkanes of at least 4 members (excludes halogenated alkanes) is 4. The normalized spacial score (nSPS) is 20.6. The Morgan fingerprint density at radius 3 is 2.76 bits per heavy atom. The molecule has 1 aliphatic heterocycles. The predicted octanol–water partition coefficient (Wildman–Crippen LogP) is 3.98. The Hall–Kier alpha value is -0.0500. The van der Waals surface area contributed by atoms with Crippen molar-refractivity contribution in [1.29, 1.82) is 0 Å². The molecule has 0 bridgehead atoms. The molecule has 100 valence electrons. The maximum atomic E-state index is 12.0. The minimum absolute atomic E-state index is 0.382. The van der Waals surface area contributed by atoms with E-state index >= 15 is 0 Å². The molecule has 0 radical (unpaired) electrons. The Morgan fingerprint density at radius 2 is 2.06 bits per heavy atom. The molecule has 2 nitrogen and oxygen atoms in total. The summed E-state index contributed by atoms with van der Waals surface area (Å²) in [6.07, 6.45) is 9.37. The van der Waals surface area contributed by atoms with Crippen LogP contribution < -0.4 is 0 Å². The predicted molar refractivity (Wildman–Crippen MR) is 76.5 cm³/mol. The molecule has 0 spiro atoms. The summed E-state index contributed by atoms with van der Waals surface area (Å²) in [5, 5.41) is 1.04. The maximum Gasteiger partial charge on any atom is 0.222 e. The first kappa shape index (κ1) is 15.0. The molecule has 1 saturated heterocycles. The van der Waals surface area contributed by atoms with Gasteiger partial charge in [-0.05, 0) is 25.2 Å². The molecular formula is C14H26BrNO. The molecule has 0 aromatic heterocycles. The zero-order chi connectivity index (χ0) is 12.5. The van der Waals surface area contributed by atoms with Crippen LogP contribution in [0.3, 0.4) is 0 Å². The second-order valence-electron chi connectivity index (χ2n) is 5.17. The standard InChI is InChI=1S/C14H26BrNO/c1-2-3-4-5-6-9-14(17)16-10-7-8-13(11-15)12-16/h13H,2-12H2,1H3. The second kappa shape index (κ2) is 8.96. The molecule has 17 heavy (non-hydrogen) atoms. The number of hydrogen-bond donors (Lipinski definition) is 0. The van der Waals surface area contributed by atoms with Crippen LogP contribution in [0.25, 0.3) is 0 Å². The van der Waals surface area contributed by atoms with E-state index in [4.69, 9.17) is 0 Å². The zero-order valence-corrected chi connectivity index (χ0v) is 12.7. The summed E-state index contributed by atoms with van der Waals surface area (Å²) >= 11 is 3.53. The van der Waals surface area contributed by atoms with Crippen molar-refractivity contribution < 1.29 is 4.79 Å². The smallest absolute Gasteiger partial charge is 0.222 e. The Labute approximate surface area is 114 Å². The summed E-state index contributed by atoms with van der Waals surface area (Å²) < 4.78 is 0. The van der Waals surface area contributed by atoms with Gasteiger partial charge in [-0.15, -0.1) is 0 Å². The lowest BCUT2D eigenvalue weighted by atomic mass is 9.99. The summed E-state index contributed by atoms with van der Waals surface area (Å²) in [5.41, 5.74) is 0. The van der Waals surface area contributed by atoms with Crippen LogP contribution in [0.5, 0.6) is 0 Å². The van der Waals surface area contributed by atoms with Gasteiger partial charge in [0.15, 0.2) is 0 Å². The van der Waals surface area contributed by atoms with E-state index in [1.54, 1.807) is 0 Å². The Bertz CT molecular complexity index is 220. The van der Waals surface area contributed by atoms with Crippen LogP contribution in [0.2, 0.25) is 0 Å². The van der Waals surface area contributed by atoms with Gasteiger partial charge in [-0.25, -0.2) is 0 Å². The number of nitrogens with zero attached hydrogens (tertiary/aromatic N) is 1. The van der Waals surface area contributed by atoms with Crippen LogP contribution in [0, 0.1) is 5.92 Å². The highest BCUT2D eigenvalue weighted by molar-refractivity contribution is 9.09. The van der Waals surface area contributed by atoms with E-state index in [-0.39, 0.29) is 0 Å². The number of halogens is 1. The van der Waals surface area contributed by atoms with Crippen molar-refractivity contribution in [2.75, 3.05) is 18.4 Å². The number of carbonyl (C=O) groups excluding carboxylic acids is 1. The van der Waals surface area contributed by atoms with E-state index in [0.717, 1.165) is 31.3 Å². The average molecular weight is 304 g/mol. The van der Waals surface area contributed by atoms with Crippen molar-refractivity contribution in [2.45, 2.75) is 58.3 Å². The van der Waals surface area contributed by atoms with Gasteiger partial charge in [-0.3, -0.25) is 4.79 Å². The van der Waals surface area contributed by atoms with Crippen molar-refractivity contribution in [2.24, 2.45) is 5.92 Å². The van der Waals surface area contributed by atoms with Gasteiger partial charge in [0.1, 0.15) is 0 Å². The molecular weight excluding hydrogens is 278 g/mol. The summed E-state index contributed by atoms with van der Waals surface area (Å²) in [4.78, 5) is 14.1. The van der Waals surface area contributed by atoms with Gasteiger partial charge in [0.25, 0.3) is 0 Å². The summed E-state index contributed by atoms with van der Waals surface area (Å²) in [5.74, 6) is 1.06. The number of hydrogen-bond acceptors (Lipinski definition) is 1. The number of alkyl halides is 1. The van der Waals surface area contributed by atoms with Crippen molar-refractivity contribution in [3.63, 3.8) is 0 Å². The van der Waals surface area contributed by atoms with Crippen LogP contribution in [0.15, 0.2) is 0 Å². The molecule has 1 rings (SSSR count). The fourth-order valence-electron chi connectivity index (χ4n) is 2.46. The molecule has 1 amide bonds. The van der Waals surface area contributed by atoms with Crippen LogP contribution in [-0.2, 0) is 4.79 Å². The largest absolute Gasteiger partial charge is 0.342 e. The minimum atomic E-state index is 0.382. The van der Waals surface area contributed by atoms with Gasteiger partial charge < -0.3 is 4.90 Å². The van der Waals surface area contributed by atoms with Gasteiger partial charge in [0, 0.05) is 24.8 Å². The van der Waals surface area contributed by atoms with Gasteiger partial charge in [-0.1, -0.05) is 48.5 Å². The summed E-state index contributed by atoms with van der Waals surface area (Å²) in [6, 6.07) is 0. The molecule has 0 aliphatic carbocycles. The van der Waals surface area contributed by atoms with Crippen molar-refractivity contribution >= 4 is 21.8 Å². The van der Waals surface area contributed by atoms with E-state index in [1.165, 1.54) is 38.5 Å². The molecule has 3 heteroatoms. The average Bonchev–Trinajstić information content (AvgIpc) is 2.38. The van der Waals surface area contributed by atoms with Crippen molar-refractivity contribution in [3.05, 3.63) is 0 Å². The highest BCUT2D eigenvalue weighted by Gasteiger charge is 2.22. The van der Waals surface area contributed by atoms with Gasteiger partial charge in [-0.2, -0.15) is 0 Å². The number of carbonyl (C=O) groups is 1. The first-order chi connectivity index (χ1) is 8.27. The molecule has 0 aromatic carbocycles. The fourth-order valence-corrected chi connectivity index (χ4v) is 2.98.